The first kappa shape index (κ1) is 12.8. The molecule has 0 aliphatic carbocycles. The lowest BCUT2D eigenvalue weighted by molar-refractivity contribution is 0.0601. The Morgan fingerprint density at radius 2 is 2.12 bits per heavy atom. The van der Waals surface area contributed by atoms with Gasteiger partial charge in [0.1, 0.15) is 5.75 Å². The van der Waals surface area contributed by atoms with Crippen molar-refractivity contribution in [1.82, 2.24) is 0 Å². The summed E-state index contributed by atoms with van der Waals surface area (Å²) in [6.45, 7) is 3.92. The molecule has 0 aliphatic rings. The second kappa shape index (κ2) is 5.21. The molecule has 0 saturated heterocycles. The van der Waals surface area contributed by atoms with Gasteiger partial charge in [0.25, 0.3) is 0 Å². The number of aromatic hydroxyl groups is 1. The molecule has 4 nitrogen and oxygen atoms in total. The van der Waals surface area contributed by atoms with Crippen molar-refractivity contribution in [2.45, 2.75) is 19.9 Å². The number of nitrogens with one attached hydrogen (secondary N) is 1. The number of phenolic OH excluding ortho intramolecular Hbond substituents is 1. The van der Waals surface area contributed by atoms with E-state index in [1.165, 1.54) is 13.2 Å². The summed E-state index contributed by atoms with van der Waals surface area (Å²) in [5, 5.41) is 12.6. The fourth-order valence-electron chi connectivity index (χ4n) is 1.27. The summed E-state index contributed by atoms with van der Waals surface area (Å²) in [5.74, 6) is -0.472. The maximum absolute atomic E-state index is 11.5. The minimum atomic E-state index is -0.481. The number of phenols is 1. The lowest BCUT2D eigenvalue weighted by Gasteiger charge is -2.14. The van der Waals surface area contributed by atoms with Gasteiger partial charge in [-0.1, -0.05) is 0 Å². The van der Waals surface area contributed by atoms with Crippen LogP contribution in [0.25, 0.3) is 0 Å². The van der Waals surface area contributed by atoms with Gasteiger partial charge in [0.05, 0.1) is 22.8 Å². The summed E-state index contributed by atoms with van der Waals surface area (Å²) in [6.07, 6.45) is 0. The van der Waals surface area contributed by atoms with Gasteiger partial charge < -0.3 is 15.2 Å². The Morgan fingerprint density at radius 3 is 2.62 bits per heavy atom. The molecule has 0 aromatic heterocycles. The Kier molecular flexibility index (Phi) is 4.18. The molecule has 0 saturated carbocycles. The molecule has 1 aromatic carbocycles. The number of halogens is 1. The quantitative estimate of drug-likeness (QED) is 0.663. The van der Waals surface area contributed by atoms with E-state index in [1.807, 2.05) is 13.8 Å². The molecular weight excluding hydrogens is 274 g/mol. The lowest BCUT2D eigenvalue weighted by atomic mass is 10.1. The molecule has 1 aromatic rings. The molecule has 0 aliphatic heterocycles. The highest BCUT2D eigenvalue weighted by molar-refractivity contribution is 9.10. The van der Waals surface area contributed by atoms with E-state index in [2.05, 4.69) is 26.0 Å². The molecule has 0 amide bonds. The van der Waals surface area contributed by atoms with Crippen molar-refractivity contribution in [3.63, 3.8) is 0 Å². The molecule has 2 N–H and O–H groups in total. The van der Waals surface area contributed by atoms with Crippen molar-refractivity contribution in [2.24, 2.45) is 0 Å². The zero-order valence-corrected chi connectivity index (χ0v) is 11.0. The minimum Gasteiger partial charge on any atom is -0.507 e. The maximum Gasteiger partial charge on any atom is 0.340 e. The first-order valence-corrected chi connectivity index (χ1v) is 5.62. The molecule has 5 heteroatoms. The van der Waals surface area contributed by atoms with Crippen LogP contribution in [0.2, 0.25) is 0 Å². The molecule has 88 valence electrons. The zero-order chi connectivity index (χ0) is 12.3. The van der Waals surface area contributed by atoms with E-state index in [9.17, 15) is 9.90 Å². The van der Waals surface area contributed by atoms with Gasteiger partial charge in [-0.05, 0) is 41.9 Å². The number of ether oxygens (including phenoxy) is 1. The van der Waals surface area contributed by atoms with Crippen LogP contribution in [-0.2, 0) is 4.74 Å². The fraction of sp³-hybridized carbons (Fsp3) is 0.364. The summed E-state index contributed by atoms with van der Waals surface area (Å²) in [5.41, 5.74) is 0.948. The number of hydrogen-bond donors (Lipinski definition) is 2. The Hall–Kier alpha value is -1.23. The van der Waals surface area contributed by atoms with Gasteiger partial charge in [0, 0.05) is 6.04 Å². The van der Waals surface area contributed by atoms with Gasteiger partial charge in [-0.2, -0.15) is 0 Å². The van der Waals surface area contributed by atoms with Crippen LogP contribution in [-0.4, -0.2) is 24.2 Å². The van der Waals surface area contributed by atoms with Gasteiger partial charge in [-0.15, -0.1) is 0 Å². The van der Waals surface area contributed by atoms with E-state index in [1.54, 1.807) is 6.07 Å². The van der Waals surface area contributed by atoms with Crippen LogP contribution in [0.15, 0.2) is 16.6 Å². The maximum atomic E-state index is 11.5. The Morgan fingerprint density at radius 1 is 1.50 bits per heavy atom. The largest absolute Gasteiger partial charge is 0.507 e. The van der Waals surface area contributed by atoms with Crippen molar-refractivity contribution in [3.8, 4) is 5.75 Å². The third-order valence-electron chi connectivity index (χ3n) is 1.94. The van der Waals surface area contributed by atoms with Crippen LogP contribution < -0.4 is 5.32 Å². The van der Waals surface area contributed by atoms with Gasteiger partial charge in [0.2, 0.25) is 0 Å². The summed E-state index contributed by atoms with van der Waals surface area (Å²) < 4.78 is 5.18. The Balaban J connectivity index is 3.21. The van der Waals surface area contributed by atoms with Crippen LogP contribution in [0, 0.1) is 0 Å². The number of methoxy groups -OCH3 is 1. The van der Waals surface area contributed by atoms with Crippen LogP contribution in [0.1, 0.15) is 24.2 Å². The van der Waals surface area contributed by atoms with Gasteiger partial charge in [-0.25, -0.2) is 4.79 Å². The Labute approximate surface area is 103 Å². The van der Waals surface area contributed by atoms with E-state index in [-0.39, 0.29) is 11.8 Å². The molecule has 1 rings (SSSR count). The molecule has 0 heterocycles. The van der Waals surface area contributed by atoms with Crippen molar-refractivity contribution in [3.05, 3.63) is 22.2 Å². The van der Waals surface area contributed by atoms with E-state index in [4.69, 9.17) is 0 Å². The smallest absolute Gasteiger partial charge is 0.340 e. The lowest BCUT2D eigenvalue weighted by Crippen LogP contribution is -2.14. The number of benzene rings is 1. The molecular formula is C11H14BrNO3. The van der Waals surface area contributed by atoms with Crippen molar-refractivity contribution < 1.29 is 14.6 Å². The second-order valence-electron chi connectivity index (χ2n) is 3.64. The summed E-state index contributed by atoms with van der Waals surface area (Å²) in [6, 6.07) is 3.21. The number of anilines is 1. The number of rotatable bonds is 3. The summed E-state index contributed by atoms with van der Waals surface area (Å²) in [7, 11) is 1.31. The van der Waals surface area contributed by atoms with Crippen LogP contribution >= 0.6 is 15.9 Å². The third-order valence-corrected chi connectivity index (χ3v) is 2.57. The average molecular weight is 288 g/mol. The number of esters is 1. The SMILES string of the molecule is COC(=O)c1cc(O)c(Br)cc1NC(C)C. The van der Waals surface area contributed by atoms with E-state index in [0.717, 1.165) is 0 Å². The van der Waals surface area contributed by atoms with Crippen molar-refractivity contribution in [1.29, 1.82) is 0 Å². The molecule has 16 heavy (non-hydrogen) atoms. The van der Waals surface area contributed by atoms with E-state index >= 15 is 0 Å². The summed E-state index contributed by atoms with van der Waals surface area (Å²) >= 11 is 3.20. The monoisotopic (exact) mass is 287 g/mol. The number of hydrogen-bond acceptors (Lipinski definition) is 4. The number of carbonyl (C=O) groups excluding carboxylic acids is 1. The van der Waals surface area contributed by atoms with Gasteiger partial charge >= 0.3 is 5.97 Å². The standard InChI is InChI=1S/C11H14BrNO3/c1-6(2)13-9-5-8(12)10(14)4-7(9)11(15)16-3/h4-6,13-14H,1-3H3. The van der Waals surface area contributed by atoms with Crippen molar-refractivity contribution in [2.75, 3.05) is 12.4 Å². The fourth-order valence-corrected chi connectivity index (χ4v) is 1.61. The predicted molar refractivity (Wildman–Crippen MR) is 65.9 cm³/mol. The first-order chi connectivity index (χ1) is 7.45. The number of carbonyl (C=O) groups is 1. The van der Waals surface area contributed by atoms with Crippen LogP contribution in [0.5, 0.6) is 5.75 Å². The molecule has 0 unspecified atom stereocenters. The molecule has 0 atom stereocenters. The topological polar surface area (TPSA) is 58.6 Å². The average Bonchev–Trinajstić information content (AvgIpc) is 2.21. The van der Waals surface area contributed by atoms with Crippen molar-refractivity contribution >= 4 is 27.6 Å². The molecule has 0 bridgehead atoms. The third kappa shape index (κ3) is 2.88. The molecule has 0 radical (unpaired) electrons. The highest BCUT2D eigenvalue weighted by atomic mass is 79.9. The van der Waals surface area contributed by atoms with Crippen LogP contribution in [0.3, 0.4) is 0 Å². The van der Waals surface area contributed by atoms with E-state index < -0.39 is 5.97 Å². The predicted octanol–water partition coefficient (Wildman–Crippen LogP) is 2.76. The summed E-state index contributed by atoms with van der Waals surface area (Å²) in [4.78, 5) is 11.5. The molecule has 0 fully saturated rings. The zero-order valence-electron chi connectivity index (χ0n) is 9.37. The first-order valence-electron chi connectivity index (χ1n) is 4.83. The van der Waals surface area contributed by atoms with Crippen LogP contribution in [0.4, 0.5) is 5.69 Å². The van der Waals surface area contributed by atoms with Gasteiger partial charge in [0.15, 0.2) is 0 Å². The molecule has 0 spiro atoms. The van der Waals surface area contributed by atoms with Gasteiger partial charge in [-0.3, -0.25) is 0 Å². The Bertz CT molecular complexity index is 404. The highest BCUT2D eigenvalue weighted by Gasteiger charge is 2.15. The normalized spacial score (nSPS) is 10.3. The highest BCUT2D eigenvalue weighted by Crippen LogP contribution is 2.31. The second-order valence-corrected chi connectivity index (χ2v) is 4.49. The van der Waals surface area contributed by atoms with E-state index in [0.29, 0.717) is 15.7 Å². The minimum absolute atomic E-state index is 0.00899.